The summed E-state index contributed by atoms with van der Waals surface area (Å²) in [6.45, 7) is 4.22. The average molecular weight is 141 g/mol. The standard InChI is InChI=1S/C7H13N2O/c1-2-9-5-3-4-7(9)8-6-10/h7H,2-5H2,1H3,(H,8,10). The van der Waals surface area contributed by atoms with E-state index in [0.717, 1.165) is 19.5 Å². The Hall–Kier alpha value is -0.570. The molecule has 1 N–H and O–H groups in total. The van der Waals surface area contributed by atoms with Gasteiger partial charge in [0.25, 0.3) is 0 Å². The van der Waals surface area contributed by atoms with E-state index < -0.39 is 0 Å². The van der Waals surface area contributed by atoms with E-state index in [1.807, 2.05) is 0 Å². The predicted molar refractivity (Wildman–Crippen MR) is 39.1 cm³/mol. The molecule has 1 fully saturated rings. The van der Waals surface area contributed by atoms with Crippen molar-refractivity contribution in [1.29, 1.82) is 0 Å². The van der Waals surface area contributed by atoms with Gasteiger partial charge in [-0.05, 0) is 19.4 Å². The van der Waals surface area contributed by atoms with Crippen molar-refractivity contribution >= 4 is 6.41 Å². The highest BCUT2D eigenvalue weighted by atomic mass is 16.1. The number of likely N-dealkylation sites (tertiary alicyclic amines) is 1. The van der Waals surface area contributed by atoms with Crippen molar-refractivity contribution in [2.24, 2.45) is 0 Å². The quantitative estimate of drug-likeness (QED) is 0.565. The fourth-order valence-electron chi connectivity index (χ4n) is 1.44. The summed E-state index contributed by atoms with van der Waals surface area (Å²) in [6, 6.07) is 0. The van der Waals surface area contributed by atoms with Gasteiger partial charge in [-0.25, -0.2) is 0 Å². The summed E-state index contributed by atoms with van der Waals surface area (Å²) in [5.74, 6) is 0. The summed E-state index contributed by atoms with van der Waals surface area (Å²) in [5.41, 5.74) is 0. The Morgan fingerprint density at radius 1 is 1.80 bits per heavy atom. The number of hydrogen-bond donors (Lipinski definition) is 1. The van der Waals surface area contributed by atoms with Crippen LogP contribution in [0.2, 0.25) is 0 Å². The van der Waals surface area contributed by atoms with Gasteiger partial charge in [0.2, 0.25) is 0 Å². The molecule has 1 unspecified atom stereocenters. The van der Waals surface area contributed by atoms with Crippen LogP contribution in [0.25, 0.3) is 0 Å². The van der Waals surface area contributed by atoms with Gasteiger partial charge in [-0.1, -0.05) is 6.92 Å². The Morgan fingerprint density at radius 3 is 3.20 bits per heavy atom. The third kappa shape index (κ3) is 1.48. The van der Waals surface area contributed by atoms with Crippen LogP contribution in [0.5, 0.6) is 0 Å². The average Bonchev–Trinajstić information content (AvgIpc) is 2.36. The topological polar surface area (TPSA) is 32.3 Å². The van der Waals surface area contributed by atoms with Gasteiger partial charge in [0.05, 0.1) is 6.17 Å². The number of rotatable bonds is 3. The van der Waals surface area contributed by atoms with Crippen LogP contribution in [-0.2, 0) is 4.79 Å². The Kier molecular flexibility index (Phi) is 2.68. The predicted octanol–water partition coefficient (Wildman–Crippen LogP) is 0.0850. The first kappa shape index (κ1) is 7.54. The van der Waals surface area contributed by atoms with Crippen molar-refractivity contribution in [3.05, 3.63) is 0 Å². The number of hydrogen-bond acceptors (Lipinski definition) is 2. The maximum absolute atomic E-state index is 9.96. The highest BCUT2D eigenvalue weighted by Crippen LogP contribution is 2.12. The fourth-order valence-corrected chi connectivity index (χ4v) is 1.44. The Bertz CT molecular complexity index is 116. The lowest BCUT2D eigenvalue weighted by atomic mass is 10.3. The minimum absolute atomic E-state index is 0.252. The van der Waals surface area contributed by atoms with Gasteiger partial charge in [0.15, 0.2) is 0 Å². The maximum atomic E-state index is 9.96. The van der Waals surface area contributed by atoms with E-state index >= 15 is 0 Å². The smallest absolute Gasteiger partial charge is 0.310 e. The number of nitrogens with zero attached hydrogens (tertiary/aromatic N) is 1. The molecule has 0 aliphatic carbocycles. The van der Waals surface area contributed by atoms with E-state index in [1.165, 1.54) is 6.42 Å². The van der Waals surface area contributed by atoms with E-state index in [9.17, 15) is 4.79 Å². The van der Waals surface area contributed by atoms with Crippen molar-refractivity contribution in [3.8, 4) is 0 Å². The molecule has 10 heavy (non-hydrogen) atoms. The number of nitrogens with one attached hydrogen (secondary N) is 1. The Labute approximate surface area is 61.4 Å². The molecule has 0 bridgehead atoms. The summed E-state index contributed by atoms with van der Waals surface area (Å²) < 4.78 is 0. The summed E-state index contributed by atoms with van der Waals surface area (Å²) >= 11 is 0. The van der Waals surface area contributed by atoms with Crippen molar-refractivity contribution < 1.29 is 4.79 Å². The van der Waals surface area contributed by atoms with Crippen LogP contribution in [0.3, 0.4) is 0 Å². The van der Waals surface area contributed by atoms with Gasteiger partial charge in [-0.2, -0.15) is 0 Å². The highest BCUT2D eigenvalue weighted by molar-refractivity contribution is 5.47. The molecule has 1 rings (SSSR count). The lowest BCUT2D eigenvalue weighted by molar-refractivity contribution is 0.250. The molecule has 1 aliphatic rings. The van der Waals surface area contributed by atoms with Crippen LogP contribution < -0.4 is 5.32 Å². The van der Waals surface area contributed by atoms with Crippen molar-refractivity contribution in [2.45, 2.75) is 25.9 Å². The lowest BCUT2D eigenvalue weighted by Gasteiger charge is -2.20. The molecule has 0 saturated carbocycles. The van der Waals surface area contributed by atoms with Gasteiger partial charge in [0, 0.05) is 6.54 Å². The first-order valence-electron chi connectivity index (χ1n) is 3.75. The summed E-state index contributed by atoms with van der Waals surface area (Å²) in [6.07, 6.45) is 4.24. The van der Waals surface area contributed by atoms with Crippen LogP contribution in [0.15, 0.2) is 0 Å². The number of carbonyl (C=O) groups excluding carboxylic acids is 1. The second-order valence-electron chi connectivity index (χ2n) is 2.53. The molecular formula is C7H13N2O. The molecular weight excluding hydrogens is 128 g/mol. The van der Waals surface area contributed by atoms with Crippen LogP contribution >= 0.6 is 0 Å². The van der Waals surface area contributed by atoms with E-state index in [1.54, 1.807) is 6.41 Å². The normalized spacial score (nSPS) is 26.7. The SMILES string of the molecule is CCN1CCCC1N[C]=O. The molecule has 1 saturated heterocycles. The van der Waals surface area contributed by atoms with Crippen LogP contribution in [0.1, 0.15) is 19.8 Å². The molecule has 3 heteroatoms. The maximum Gasteiger partial charge on any atom is 0.310 e. The zero-order chi connectivity index (χ0) is 7.40. The molecule has 1 heterocycles. The molecule has 1 amide bonds. The van der Waals surface area contributed by atoms with E-state index in [-0.39, 0.29) is 6.17 Å². The van der Waals surface area contributed by atoms with Gasteiger partial charge in [0.1, 0.15) is 0 Å². The van der Waals surface area contributed by atoms with Gasteiger partial charge in [-0.3, -0.25) is 9.69 Å². The minimum atomic E-state index is 0.252. The van der Waals surface area contributed by atoms with E-state index in [2.05, 4.69) is 17.1 Å². The summed E-state index contributed by atoms with van der Waals surface area (Å²) in [5, 5.41) is 2.67. The van der Waals surface area contributed by atoms with Crippen LogP contribution in [0, 0.1) is 0 Å². The van der Waals surface area contributed by atoms with Gasteiger partial charge in [-0.15, -0.1) is 0 Å². The summed E-state index contributed by atoms with van der Waals surface area (Å²) in [4.78, 5) is 12.2. The monoisotopic (exact) mass is 141 g/mol. The lowest BCUT2D eigenvalue weighted by Crippen LogP contribution is -2.40. The highest BCUT2D eigenvalue weighted by Gasteiger charge is 2.21. The van der Waals surface area contributed by atoms with E-state index in [4.69, 9.17) is 0 Å². The third-order valence-corrected chi connectivity index (χ3v) is 2.00. The zero-order valence-electron chi connectivity index (χ0n) is 6.26. The zero-order valence-corrected chi connectivity index (χ0v) is 6.26. The molecule has 3 nitrogen and oxygen atoms in total. The Balaban J connectivity index is 2.34. The second kappa shape index (κ2) is 3.56. The molecule has 1 radical (unpaired) electrons. The minimum Gasteiger partial charge on any atom is -0.332 e. The van der Waals surface area contributed by atoms with Gasteiger partial charge < -0.3 is 5.32 Å². The van der Waals surface area contributed by atoms with Gasteiger partial charge >= 0.3 is 6.41 Å². The van der Waals surface area contributed by atoms with E-state index in [0.29, 0.717) is 0 Å². The molecule has 0 aromatic rings. The molecule has 57 valence electrons. The Morgan fingerprint density at radius 2 is 2.60 bits per heavy atom. The van der Waals surface area contributed by atoms with Crippen molar-refractivity contribution in [3.63, 3.8) is 0 Å². The molecule has 1 aliphatic heterocycles. The molecule has 0 aromatic heterocycles. The summed E-state index contributed by atoms with van der Waals surface area (Å²) in [7, 11) is 0. The van der Waals surface area contributed by atoms with Crippen LogP contribution in [-0.4, -0.2) is 30.6 Å². The van der Waals surface area contributed by atoms with Crippen molar-refractivity contribution in [2.75, 3.05) is 13.1 Å². The second-order valence-corrected chi connectivity index (χ2v) is 2.53. The number of amides is 1. The van der Waals surface area contributed by atoms with Crippen LogP contribution in [0.4, 0.5) is 0 Å². The first-order chi connectivity index (χ1) is 4.88. The molecule has 1 atom stereocenters. The van der Waals surface area contributed by atoms with Crippen molar-refractivity contribution in [1.82, 2.24) is 10.2 Å². The largest absolute Gasteiger partial charge is 0.332 e. The third-order valence-electron chi connectivity index (χ3n) is 2.00. The molecule has 0 spiro atoms. The molecule has 0 aromatic carbocycles. The fraction of sp³-hybridized carbons (Fsp3) is 0.857. The first-order valence-corrected chi connectivity index (χ1v) is 3.75.